The molecule has 80 valence electrons. The van der Waals surface area contributed by atoms with Gasteiger partial charge in [-0.3, -0.25) is 0 Å². The van der Waals surface area contributed by atoms with Crippen LogP contribution in [0.4, 0.5) is 0 Å². The highest BCUT2D eigenvalue weighted by atomic mass is 14.8. The standard InChI is InChI=1S/C13H23N/c1-6-12(4)13(9-10-14-5)8-7-11(2)3/h7-8,14H,2,6,9-10H2,1,3-5H3/b8-7-,13-12-. The minimum Gasteiger partial charge on any atom is -0.319 e. The molecule has 14 heavy (non-hydrogen) atoms. The summed E-state index contributed by atoms with van der Waals surface area (Å²) >= 11 is 0. The van der Waals surface area contributed by atoms with Gasteiger partial charge in [-0.25, -0.2) is 0 Å². The second-order valence-corrected chi connectivity index (χ2v) is 3.69. The normalized spacial score (nSPS) is 13.1. The molecule has 0 aliphatic rings. The van der Waals surface area contributed by atoms with Gasteiger partial charge in [0, 0.05) is 0 Å². The highest BCUT2D eigenvalue weighted by Crippen LogP contribution is 2.13. The van der Waals surface area contributed by atoms with E-state index in [1.807, 2.05) is 14.0 Å². The third kappa shape index (κ3) is 5.76. The van der Waals surface area contributed by atoms with E-state index in [9.17, 15) is 0 Å². The van der Waals surface area contributed by atoms with Crippen molar-refractivity contribution >= 4 is 0 Å². The van der Waals surface area contributed by atoms with E-state index in [4.69, 9.17) is 0 Å². The van der Waals surface area contributed by atoms with Gasteiger partial charge in [0.25, 0.3) is 0 Å². The van der Waals surface area contributed by atoms with Gasteiger partial charge < -0.3 is 5.32 Å². The molecule has 0 aliphatic carbocycles. The Bertz CT molecular complexity index is 234. The van der Waals surface area contributed by atoms with Crippen molar-refractivity contribution in [1.29, 1.82) is 0 Å². The van der Waals surface area contributed by atoms with E-state index >= 15 is 0 Å². The molecule has 0 unspecified atom stereocenters. The second-order valence-electron chi connectivity index (χ2n) is 3.69. The van der Waals surface area contributed by atoms with Gasteiger partial charge in [0.1, 0.15) is 0 Å². The molecule has 1 N–H and O–H groups in total. The first-order valence-corrected chi connectivity index (χ1v) is 5.28. The summed E-state index contributed by atoms with van der Waals surface area (Å²) in [5.41, 5.74) is 4.01. The summed E-state index contributed by atoms with van der Waals surface area (Å²) in [6.45, 7) is 11.3. The number of hydrogen-bond donors (Lipinski definition) is 1. The van der Waals surface area contributed by atoms with E-state index in [0.29, 0.717) is 0 Å². The summed E-state index contributed by atoms with van der Waals surface area (Å²) in [6, 6.07) is 0. The SMILES string of the molecule is C=C(C)/C=C\C(CCNC)=C(/C)CC. The molecule has 0 spiro atoms. The van der Waals surface area contributed by atoms with Gasteiger partial charge in [0.15, 0.2) is 0 Å². The van der Waals surface area contributed by atoms with Crippen LogP contribution in [0.1, 0.15) is 33.6 Å². The van der Waals surface area contributed by atoms with E-state index in [-0.39, 0.29) is 0 Å². The van der Waals surface area contributed by atoms with Crippen LogP contribution < -0.4 is 5.32 Å². The lowest BCUT2D eigenvalue weighted by molar-refractivity contribution is 0.785. The highest BCUT2D eigenvalue weighted by Gasteiger charge is 1.96. The van der Waals surface area contributed by atoms with Gasteiger partial charge in [-0.05, 0) is 45.9 Å². The van der Waals surface area contributed by atoms with Gasteiger partial charge in [0.05, 0.1) is 0 Å². The zero-order valence-electron chi connectivity index (χ0n) is 9.98. The smallest absolute Gasteiger partial charge is 0.00114 e. The molecule has 1 nitrogen and oxygen atoms in total. The van der Waals surface area contributed by atoms with Crippen LogP contribution in [-0.4, -0.2) is 13.6 Å². The van der Waals surface area contributed by atoms with Gasteiger partial charge in [-0.15, -0.1) is 0 Å². The minimum atomic E-state index is 1.03. The number of rotatable bonds is 6. The average molecular weight is 193 g/mol. The summed E-state index contributed by atoms with van der Waals surface area (Å²) in [7, 11) is 1.99. The van der Waals surface area contributed by atoms with E-state index in [1.165, 1.54) is 11.1 Å². The maximum atomic E-state index is 3.87. The summed E-state index contributed by atoms with van der Waals surface area (Å²) in [5.74, 6) is 0. The van der Waals surface area contributed by atoms with Crippen LogP contribution in [0.5, 0.6) is 0 Å². The van der Waals surface area contributed by atoms with Crippen molar-refractivity contribution in [1.82, 2.24) is 5.32 Å². The van der Waals surface area contributed by atoms with Crippen LogP contribution in [0, 0.1) is 0 Å². The van der Waals surface area contributed by atoms with Gasteiger partial charge >= 0.3 is 0 Å². The Morgan fingerprint density at radius 2 is 1.93 bits per heavy atom. The zero-order chi connectivity index (χ0) is 11.0. The first-order valence-electron chi connectivity index (χ1n) is 5.28. The van der Waals surface area contributed by atoms with E-state index in [2.05, 4.69) is 37.9 Å². The fraction of sp³-hybridized carbons (Fsp3) is 0.538. The van der Waals surface area contributed by atoms with Crippen molar-refractivity contribution in [2.75, 3.05) is 13.6 Å². The molecule has 0 saturated carbocycles. The fourth-order valence-corrected chi connectivity index (χ4v) is 1.17. The third-order valence-electron chi connectivity index (χ3n) is 2.29. The number of allylic oxidation sites excluding steroid dienone is 4. The predicted octanol–water partition coefficient (Wildman–Crippen LogP) is 3.45. The Labute approximate surface area is 88.6 Å². The zero-order valence-corrected chi connectivity index (χ0v) is 9.98. The van der Waals surface area contributed by atoms with Gasteiger partial charge in [0.2, 0.25) is 0 Å². The molecular formula is C13H23N. The Balaban J connectivity index is 4.48. The molecule has 0 radical (unpaired) electrons. The lowest BCUT2D eigenvalue weighted by Gasteiger charge is -2.06. The predicted molar refractivity (Wildman–Crippen MR) is 65.5 cm³/mol. The molecule has 0 rings (SSSR count). The summed E-state index contributed by atoms with van der Waals surface area (Å²) < 4.78 is 0. The van der Waals surface area contributed by atoms with Crippen LogP contribution >= 0.6 is 0 Å². The Morgan fingerprint density at radius 3 is 2.36 bits per heavy atom. The quantitative estimate of drug-likeness (QED) is 0.637. The summed E-state index contributed by atoms with van der Waals surface area (Å²) in [6.07, 6.45) is 6.50. The molecular weight excluding hydrogens is 170 g/mol. The maximum absolute atomic E-state index is 3.87. The van der Waals surface area contributed by atoms with E-state index in [1.54, 1.807) is 0 Å². The van der Waals surface area contributed by atoms with Crippen LogP contribution in [0.15, 0.2) is 35.5 Å². The van der Waals surface area contributed by atoms with Crippen LogP contribution in [0.2, 0.25) is 0 Å². The molecule has 0 aromatic carbocycles. The van der Waals surface area contributed by atoms with Crippen molar-refractivity contribution in [2.24, 2.45) is 0 Å². The Morgan fingerprint density at radius 1 is 1.29 bits per heavy atom. The largest absolute Gasteiger partial charge is 0.319 e. The summed E-state index contributed by atoms with van der Waals surface area (Å²) in [4.78, 5) is 0. The molecule has 0 fully saturated rings. The topological polar surface area (TPSA) is 12.0 Å². The van der Waals surface area contributed by atoms with Gasteiger partial charge in [-0.2, -0.15) is 0 Å². The van der Waals surface area contributed by atoms with Crippen molar-refractivity contribution in [3.05, 3.63) is 35.5 Å². The molecule has 0 aromatic rings. The number of nitrogens with one attached hydrogen (secondary N) is 1. The lowest BCUT2D eigenvalue weighted by Crippen LogP contribution is -2.08. The van der Waals surface area contributed by atoms with Gasteiger partial charge in [-0.1, -0.05) is 36.8 Å². The van der Waals surface area contributed by atoms with Crippen molar-refractivity contribution in [2.45, 2.75) is 33.6 Å². The van der Waals surface area contributed by atoms with E-state index in [0.717, 1.165) is 25.0 Å². The second kappa shape index (κ2) is 7.57. The van der Waals surface area contributed by atoms with Crippen LogP contribution in [-0.2, 0) is 0 Å². The molecule has 0 aromatic heterocycles. The highest BCUT2D eigenvalue weighted by molar-refractivity contribution is 5.29. The van der Waals surface area contributed by atoms with Crippen LogP contribution in [0.3, 0.4) is 0 Å². The summed E-state index contributed by atoms with van der Waals surface area (Å²) in [5, 5.41) is 3.17. The Hall–Kier alpha value is -0.820. The lowest BCUT2D eigenvalue weighted by atomic mass is 10.0. The minimum absolute atomic E-state index is 1.03. The molecule has 0 amide bonds. The van der Waals surface area contributed by atoms with Crippen LogP contribution in [0.25, 0.3) is 0 Å². The molecule has 0 atom stereocenters. The van der Waals surface area contributed by atoms with Crippen molar-refractivity contribution in [3.8, 4) is 0 Å². The average Bonchev–Trinajstić information content (AvgIpc) is 2.16. The van der Waals surface area contributed by atoms with Crippen molar-refractivity contribution in [3.63, 3.8) is 0 Å². The molecule has 0 saturated heterocycles. The van der Waals surface area contributed by atoms with E-state index < -0.39 is 0 Å². The molecule has 0 heterocycles. The Kier molecular flexibility index (Phi) is 7.13. The van der Waals surface area contributed by atoms with Crippen molar-refractivity contribution < 1.29 is 0 Å². The molecule has 0 aliphatic heterocycles. The maximum Gasteiger partial charge on any atom is -0.00114 e. The fourth-order valence-electron chi connectivity index (χ4n) is 1.17. The number of hydrogen-bond acceptors (Lipinski definition) is 1. The molecule has 0 bridgehead atoms. The first kappa shape index (κ1) is 13.2. The monoisotopic (exact) mass is 193 g/mol. The first-order chi connectivity index (χ1) is 6.61. The third-order valence-corrected chi connectivity index (χ3v) is 2.29. The molecule has 1 heteroatoms.